The summed E-state index contributed by atoms with van der Waals surface area (Å²) in [6, 6.07) is 5.17. The minimum atomic E-state index is 0.480. The van der Waals surface area contributed by atoms with Gasteiger partial charge in [0.15, 0.2) is 0 Å². The average Bonchev–Trinajstić information content (AvgIpc) is 2.68. The second kappa shape index (κ2) is 7.16. The molecule has 0 aliphatic carbocycles. The summed E-state index contributed by atoms with van der Waals surface area (Å²) in [5.74, 6) is 1.26. The molecule has 0 aliphatic heterocycles. The lowest BCUT2D eigenvalue weighted by atomic mass is 10.2. The lowest BCUT2D eigenvalue weighted by molar-refractivity contribution is 0.424. The van der Waals surface area contributed by atoms with E-state index in [1.165, 1.54) is 0 Å². The lowest BCUT2D eigenvalue weighted by Crippen LogP contribution is -2.14. The first-order chi connectivity index (χ1) is 10.0. The molecule has 0 unspecified atom stereocenters. The maximum atomic E-state index is 6.16. The van der Waals surface area contributed by atoms with Gasteiger partial charge in [-0.1, -0.05) is 30.1 Å². The quantitative estimate of drug-likeness (QED) is 0.803. The van der Waals surface area contributed by atoms with E-state index < -0.39 is 0 Å². The van der Waals surface area contributed by atoms with Gasteiger partial charge in [0.1, 0.15) is 5.75 Å². The molecule has 0 amide bonds. The Balaban J connectivity index is 2.26. The van der Waals surface area contributed by atoms with E-state index in [0.717, 1.165) is 24.2 Å². The number of ether oxygens (including phenoxy) is 1. The van der Waals surface area contributed by atoms with Crippen LogP contribution in [0.15, 0.2) is 18.2 Å². The highest BCUT2D eigenvalue weighted by atomic mass is 35.5. The lowest BCUT2D eigenvalue weighted by Gasteiger charge is -2.11. The summed E-state index contributed by atoms with van der Waals surface area (Å²) in [7, 11) is 1.86. The van der Waals surface area contributed by atoms with Gasteiger partial charge >= 0.3 is 0 Å². The smallest absolute Gasteiger partial charge is 0.222 e. The second-order valence-electron chi connectivity index (χ2n) is 4.85. The molecule has 21 heavy (non-hydrogen) atoms. The van der Waals surface area contributed by atoms with Gasteiger partial charge in [-0.25, -0.2) is 4.68 Å². The molecule has 0 bridgehead atoms. The molecule has 0 saturated carbocycles. The van der Waals surface area contributed by atoms with Crippen LogP contribution >= 0.6 is 23.2 Å². The van der Waals surface area contributed by atoms with Crippen LogP contribution in [0.4, 0.5) is 0 Å². The molecule has 0 spiro atoms. The van der Waals surface area contributed by atoms with E-state index in [4.69, 9.17) is 27.9 Å². The van der Waals surface area contributed by atoms with Crippen LogP contribution in [-0.4, -0.2) is 16.3 Å². The fraction of sp³-hybridized carbons (Fsp3) is 0.400. The summed E-state index contributed by atoms with van der Waals surface area (Å²) in [4.78, 5) is 0. The molecule has 0 aliphatic rings. The third-order valence-corrected chi connectivity index (χ3v) is 3.65. The molecule has 2 aromatic rings. The third kappa shape index (κ3) is 3.90. The first kappa shape index (κ1) is 16.1. The summed E-state index contributed by atoms with van der Waals surface area (Å²) in [6.45, 7) is 5.77. The van der Waals surface area contributed by atoms with Gasteiger partial charge in [0.2, 0.25) is 5.88 Å². The molecule has 114 valence electrons. The Morgan fingerprint density at radius 1 is 1.33 bits per heavy atom. The zero-order valence-corrected chi connectivity index (χ0v) is 13.9. The predicted octanol–water partition coefficient (Wildman–Crippen LogP) is 4.33. The zero-order chi connectivity index (χ0) is 15.4. The van der Waals surface area contributed by atoms with Gasteiger partial charge in [-0.05, 0) is 38.1 Å². The second-order valence-corrected chi connectivity index (χ2v) is 5.69. The Hall–Kier alpha value is -1.23. The topological polar surface area (TPSA) is 39.1 Å². The van der Waals surface area contributed by atoms with Crippen LogP contribution in [0.2, 0.25) is 10.0 Å². The van der Waals surface area contributed by atoms with Gasteiger partial charge in [-0.15, -0.1) is 0 Å². The maximum Gasteiger partial charge on any atom is 0.222 e. The Labute approximate surface area is 135 Å². The van der Waals surface area contributed by atoms with Crippen LogP contribution in [0.5, 0.6) is 11.6 Å². The fourth-order valence-corrected chi connectivity index (χ4v) is 2.51. The van der Waals surface area contributed by atoms with Gasteiger partial charge in [0.05, 0.1) is 16.3 Å². The maximum absolute atomic E-state index is 6.16. The monoisotopic (exact) mass is 327 g/mol. The van der Waals surface area contributed by atoms with Crippen molar-refractivity contribution in [2.24, 2.45) is 7.05 Å². The van der Waals surface area contributed by atoms with Crippen LogP contribution in [0, 0.1) is 6.92 Å². The summed E-state index contributed by atoms with van der Waals surface area (Å²) in [6.07, 6.45) is 1.08. The van der Waals surface area contributed by atoms with E-state index in [0.29, 0.717) is 28.2 Å². The van der Waals surface area contributed by atoms with Crippen molar-refractivity contribution in [1.82, 2.24) is 15.1 Å². The molecule has 1 N–H and O–H groups in total. The van der Waals surface area contributed by atoms with Crippen LogP contribution in [-0.2, 0) is 13.6 Å². The molecule has 1 aromatic carbocycles. The van der Waals surface area contributed by atoms with E-state index in [9.17, 15) is 0 Å². The number of halogens is 2. The van der Waals surface area contributed by atoms with E-state index in [1.54, 1.807) is 22.9 Å². The first-order valence-electron chi connectivity index (χ1n) is 6.89. The molecule has 2 rings (SSSR count). The predicted molar refractivity (Wildman–Crippen MR) is 86.5 cm³/mol. The molecule has 4 nitrogen and oxygen atoms in total. The van der Waals surface area contributed by atoms with Gasteiger partial charge in [-0.2, -0.15) is 5.10 Å². The Morgan fingerprint density at radius 2 is 2.10 bits per heavy atom. The highest BCUT2D eigenvalue weighted by Gasteiger charge is 2.16. The number of nitrogens with zero attached hydrogens (tertiary/aromatic N) is 2. The van der Waals surface area contributed by atoms with Crippen LogP contribution in [0.1, 0.15) is 24.6 Å². The van der Waals surface area contributed by atoms with Crippen LogP contribution in [0.25, 0.3) is 0 Å². The molecule has 6 heteroatoms. The highest BCUT2D eigenvalue weighted by molar-refractivity contribution is 6.35. The van der Waals surface area contributed by atoms with Crippen molar-refractivity contribution in [2.75, 3.05) is 6.54 Å². The van der Waals surface area contributed by atoms with Crippen molar-refractivity contribution in [3.63, 3.8) is 0 Å². The Kier molecular flexibility index (Phi) is 5.51. The number of hydrogen-bond acceptors (Lipinski definition) is 3. The summed E-state index contributed by atoms with van der Waals surface area (Å²) < 4.78 is 7.67. The Bertz CT molecular complexity index is 626. The number of aromatic nitrogens is 2. The number of nitrogens with one attached hydrogen (secondary N) is 1. The zero-order valence-electron chi connectivity index (χ0n) is 12.4. The summed E-state index contributed by atoms with van der Waals surface area (Å²) in [5.41, 5.74) is 1.98. The molecule has 0 atom stereocenters. The molecule has 0 saturated heterocycles. The minimum Gasteiger partial charge on any atom is -0.437 e. The van der Waals surface area contributed by atoms with E-state index >= 15 is 0 Å². The molecule has 1 heterocycles. The van der Waals surface area contributed by atoms with Crippen molar-refractivity contribution in [2.45, 2.75) is 26.8 Å². The van der Waals surface area contributed by atoms with Crippen molar-refractivity contribution >= 4 is 23.2 Å². The number of aryl methyl sites for hydroxylation is 2. The summed E-state index contributed by atoms with van der Waals surface area (Å²) >= 11 is 12.1. The van der Waals surface area contributed by atoms with Crippen molar-refractivity contribution in [3.05, 3.63) is 39.5 Å². The Morgan fingerprint density at radius 3 is 2.76 bits per heavy atom. The largest absolute Gasteiger partial charge is 0.437 e. The molecule has 1 aromatic heterocycles. The summed E-state index contributed by atoms with van der Waals surface area (Å²) in [5, 5.41) is 8.85. The average molecular weight is 328 g/mol. The minimum absolute atomic E-state index is 0.480. The SMILES string of the molecule is CCCNCc1c(C)nn(C)c1Oc1ccc(Cl)cc1Cl. The molecular weight excluding hydrogens is 309 g/mol. The van der Waals surface area contributed by atoms with Gasteiger partial charge < -0.3 is 10.1 Å². The van der Waals surface area contributed by atoms with Gasteiger partial charge in [-0.3, -0.25) is 0 Å². The van der Waals surface area contributed by atoms with E-state index in [1.807, 2.05) is 14.0 Å². The normalized spacial score (nSPS) is 10.9. The van der Waals surface area contributed by atoms with Crippen molar-refractivity contribution in [3.8, 4) is 11.6 Å². The molecular formula is C15H19Cl2N3O. The van der Waals surface area contributed by atoms with Crippen molar-refractivity contribution < 1.29 is 4.74 Å². The highest BCUT2D eigenvalue weighted by Crippen LogP contribution is 2.33. The van der Waals surface area contributed by atoms with E-state index in [-0.39, 0.29) is 0 Å². The third-order valence-electron chi connectivity index (χ3n) is 3.12. The fourth-order valence-electron chi connectivity index (χ4n) is 2.06. The van der Waals surface area contributed by atoms with E-state index in [2.05, 4.69) is 17.3 Å². The van der Waals surface area contributed by atoms with Crippen LogP contribution < -0.4 is 10.1 Å². The van der Waals surface area contributed by atoms with Crippen molar-refractivity contribution in [1.29, 1.82) is 0 Å². The first-order valence-corrected chi connectivity index (χ1v) is 7.64. The molecule has 0 fully saturated rings. The molecule has 0 radical (unpaired) electrons. The number of rotatable bonds is 6. The number of hydrogen-bond donors (Lipinski definition) is 1. The standard InChI is InChI=1S/C15H19Cl2N3O/c1-4-7-18-9-12-10(2)19-20(3)15(12)21-14-6-5-11(16)8-13(14)17/h5-6,8,18H,4,7,9H2,1-3H3. The van der Waals surface area contributed by atoms with Crippen LogP contribution in [0.3, 0.4) is 0 Å². The van der Waals surface area contributed by atoms with Gasteiger partial charge in [0.25, 0.3) is 0 Å². The number of benzene rings is 1. The van der Waals surface area contributed by atoms with Gasteiger partial charge in [0, 0.05) is 18.6 Å².